The van der Waals surface area contributed by atoms with Gasteiger partial charge >= 0.3 is 5.97 Å². The lowest BCUT2D eigenvalue weighted by molar-refractivity contribution is 0.0697. The number of carbonyl (C=O) groups is 1. The molecule has 0 radical (unpaired) electrons. The molecule has 0 amide bonds. The minimum Gasteiger partial charge on any atom is -0.497 e. The molecule has 0 saturated carbocycles. The van der Waals surface area contributed by atoms with E-state index in [-0.39, 0.29) is 5.56 Å². The smallest absolute Gasteiger partial charge is 0.335 e. The van der Waals surface area contributed by atoms with Crippen LogP contribution < -0.4 is 20.1 Å². The van der Waals surface area contributed by atoms with Crippen molar-refractivity contribution in [3.8, 4) is 11.5 Å². The van der Waals surface area contributed by atoms with Crippen LogP contribution in [0.15, 0.2) is 60.9 Å². The first-order valence-electron chi connectivity index (χ1n) is 8.57. The number of anilines is 3. The van der Waals surface area contributed by atoms with E-state index >= 15 is 0 Å². The van der Waals surface area contributed by atoms with Gasteiger partial charge in [0.15, 0.2) is 0 Å². The van der Waals surface area contributed by atoms with Gasteiger partial charge in [-0.25, -0.2) is 14.8 Å². The molecule has 0 spiro atoms. The Morgan fingerprint density at radius 2 is 1.68 bits per heavy atom. The highest BCUT2D eigenvalue weighted by Crippen LogP contribution is 2.18. The summed E-state index contributed by atoms with van der Waals surface area (Å²) in [6, 6.07) is 15.6. The van der Waals surface area contributed by atoms with Crippen LogP contribution in [0.4, 0.5) is 17.3 Å². The third-order valence-electron chi connectivity index (χ3n) is 3.81. The predicted molar refractivity (Wildman–Crippen MR) is 106 cm³/mol. The topological polar surface area (TPSA) is 106 Å². The monoisotopic (exact) mass is 380 g/mol. The van der Waals surface area contributed by atoms with Crippen molar-refractivity contribution in [3.63, 3.8) is 0 Å². The first-order valence-corrected chi connectivity index (χ1v) is 8.57. The Hall–Kier alpha value is -3.81. The highest BCUT2D eigenvalue weighted by molar-refractivity contribution is 5.88. The summed E-state index contributed by atoms with van der Waals surface area (Å²) < 4.78 is 10.8. The molecule has 1 aromatic heterocycles. The molecule has 0 aliphatic carbocycles. The van der Waals surface area contributed by atoms with Crippen molar-refractivity contribution < 1.29 is 19.4 Å². The van der Waals surface area contributed by atoms with Gasteiger partial charge in [-0.1, -0.05) is 0 Å². The van der Waals surface area contributed by atoms with E-state index in [1.54, 1.807) is 25.3 Å². The third kappa shape index (κ3) is 5.34. The summed E-state index contributed by atoms with van der Waals surface area (Å²) >= 11 is 0. The number of carboxylic acid groups (broad SMARTS) is 1. The second kappa shape index (κ2) is 9.22. The maximum Gasteiger partial charge on any atom is 0.335 e. The van der Waals surface area contributed by atoms with Crippen LogP contribution >= 0.6 is 0 Å². The maximum absolute atomic E-state index is 10.9. The molecule has 8 heteroatoms. The van der Waals surface area contributed by atoms with Gasteiger partial charge in [-0.2, -0.15) is 0 Å². The van der Waals surface area contributed by atoms with Crippen LogP contribution in [-0.4, -0.2) is 41.3 Å². The lowest BCUT2D eigenvalue weighted by atomic mass is 10.2. The molecular formula is C20H20N4O4. The molecule has 0 aliphatic rings. The third-order valence-corrected chi connectivity index (χ3v) is 3.81. The number of hydrogen-bond acceptors (Lipinski definition) is 7. The molecule has 2 aromatic carbocycles. The fourth-order valence-electron chi connectivity index (χ4n) is 2.39. The van der Waals surface area contributed by atoms with Crippen molar-refractivity contribution >= 4 is 23.3 Å². The summed E-state index contributed by atoms with van der Waals surface area (Å²) in [6.45, 7) is 1.03. The number of aromatic nitrogens is 2. The van der Waals surface area contributed by atoms with Crippen LogP contribution in [0.5, 0.6) is 11.5 Å². The van der Waals surface area contributed by atoms with Gasteiger partial charge in [-0.15, -0.1) is 0 Å². The summed E-state index contributed by atoms with van der Waals surface area (Å²) in [5.74, 6) is 1.83. The number of rotatable bonds is 9. The number of nitrogens with zero attached hydrogens (tertiary/aromatic N) is 2. The maximum atomic E-state index is 10.9. The number of carboxylic acids is 1. The standard InChI is InChI=1S/C20H20N4O4/c1-27-16-6-8-17(9-7-16)28-11-10-21-18-12-19(23-13-22-18)24-15-4-2-14(3-5-15)20(25)26/h2-9,12-13H,10-11H2,1H3,(H,25,26)(H2,21,22,23,24). The summed E-state index contributed by atoms with van der Waals surface area (Å²) in [7, 11) is 1.62. The molecule has 3 N–H and O–H groups in total. The van der Waals surface area contributed by atoms with Crippen LogP contribution in [0.3, 0.4) is 0 Å². The van der Waals surface area contributed by atoms with Gasteiger partial charge in [-0.3, -0.25) is 0 Å². The van der Waals surface area contributed by atoms with Crippen molar-refractivity contribution in [2.24, 2.45) is 0 Å². The zero-order valence-corrected chi connectivity index (χ0v) is 15.3. The number of benzene rings is 2. The van der Waals surface area contributed by atoms with Crippen LogP contribution in [0.25, 0.3) is 0 Å². The SMILES string of the molecule is COc1ccc(OCCNc2cc(Nc3ccc(C(=O)O)cc3)ncn2)cc1. The molecular weight excluding hydrogens is 360 g/mol. The lowest BCUT2D eigenvalue weighted by Crippen LogP contribution is -2.12. The highest BCUT2D eigenvalue weighted by atomic mass is 16.5. The number of ether oxygens (including phenoxy) is 2. The minimum atomic E-state index is -0.961. The van der Waals surface area contributed by atoms with Gasteiger partial charge in [-0.05, 0) is 48.5 Å². The highest BCUT2D eigenvalue weighted by Gasteiger charge is 2.03. The van der Waals surface area contributed by atoms with E-state index in [1.165, 1.54) is 18.5 Å². The molecule has 0 bridgehead atoms. The molecule has 3 aromatic rings. The molecule has 144 valence electrons. The molecule has 0 fully saturated rings. The Labute approximate surface area is 162 Å². The molecule has 0 unspecified atom stereocenters. The van der Waals surface area contributed by atoms with Crippen LogP contribution in [0, 0.1) is 0 Å². The van der Waals surface area contributed by atoms with Gasteiger partial charge in [0, 0.05) is 11.8 Å². The first kappa shape index (κ1) is 19.0. The van der Waals surface area contributed by atoms with Crippen molar-refractivity contribution in [2.45, 2.75) is 0 Å². The normalized spacial score (nSPS) is 10.2. The number of hydrogen-bond donors (Lipinski definition) is 3. The second-order valence-electron chi connectivity index (χ2n) is 5.75. The van der Waals surface area contributed by atoms with Crippen molar-refractivity contribution in [1.82, 2.24) is 9.97 Å². The quantitative estimate of drug-likeness (QED) is 0.485. The zero-order chi connectivity index (χ0) is 19.8. The minimum absolute atomic E-state index is 0.229. The van der Waals surface area contributed by atoms with Crippen LogP contribution in [0.2, 0.25) is 0 Å². The molecule has 1 heterocycles. The van der Waals surface area contributed by atoms with E-state index in [0.717, 1.165) is 17.2 Å². The summed E-state index contributed by atoms with van der Waals surface area (Å²) in [5, 5.41) is 15.2. The van der Waals surface area contributed by atoms with Gasteiger partial charge in [0.2, 0.25) is 0 Å². The second-order valence-corrected chi connectivity index (χ2v) is 5.75. The molecule has 3 rings (SSSR count). The first-order chi connectivity index (χ1) is 13.6. The fraction of sp³-hybridized carbons (Fsp3) is 0.150. The van der Waals surface area contributed by atoms with E-state index in [9.17, 15) is 4.79 Å². The lowest BCUT2D eigenvalue weighted by Gasteiger charge is -2.10. The Kier molecular flexibility index (Phi) is 6.25. The average molecular weight is 380 g/mol. The van der Waals surface area contributed by atoms with E-state index in [0.29, 0.717) is 24.8 Å². The van der Waals surface area contributed by atoms with Crippen LogP contribution in [0.1, 0.15) is 10.4 Å². The van der Waals surface area contributed by atoms with E-state index < -0.39 is 5.97 Å². The summed E-state index contributed by atoms with van der Waals surface area (Å²) in [6.07, 6.45) is 1.45. The van der Waals surface area contributed by atoms with E-state index in [4.69, 9.17) is 14.6 Å². The summed E-state index contributed by atoms with van der Waals surface area (Å²) in [4.78, 5) is 19.2. The molecule has 0 atom stereocenters. The zero-order valence-electron chi connectivity index (χ0n) is 15.3. The van der Waals surface area contributed by atoms with Gasteiger partial charge in [0.1, 0.15) is 36.1 Å². The largest absolute Gasteiger partial charge is 0.497 e. The number of methoxy groups -OCH3 is 1. The Morgan fingerprint density at radius 3 is 2.36 bits per heavy atom. The van der Waals surface area contributed by atoms with Gasteiger partial charge in [0.25, 0.3) is 0 Å². The molecule has 8 nitrogen and oxygen atoms in total. The fourth-order valence-corrected chi connectivity index (χ4v) is 2.39. The molecule has 28 heavy (non-hydrogen) atoms. The van der Waals surface area contributed by atoms with Gasteiger partial charge in [0.05, 0.1) is 19.2 Å². The Balaban J connectivity index is 1.49. The summed E-state index contributed by atoms with van der Waals surface area (Å²) in [5.41, 5.74) is 0.963. The van der Waals surface area contributed by atoms with Crippen molar-refractivity contribution in [3.05, 3.63) is 66.5 Å². The Bertz CT molecular complexity index is 914. The number of aromatic carboxylic acids is 1. The Morgan fingerprint density at radius 1 is 1.00 bits per heavy atom. The van der Waals surface area contributed by atoms with E-state index in [2.05, 4.69) is 20.6 Å². The van der Waals surface area contributed by atoms with Gasteiger partial charge < -0.3 is 25.2 Å². The van der Waals surface area contributed by atoms with Crippen LogP contribution in [-0.2, 0) is 0 Å². The van der Waals surface area contributed by atoms with Crippen molar-refractivity contribution in [2.75, 3.05) is 30.9 Å². The number of nitrogens with one attached hydrogen (secondary N) is 2. The van der Waals surface area contributed by atoms with E-state index in [1.807, 2.05) is 24.3 Å². The van der Waals surface area contributed by atoms with Crippen molar-refractivity contribution in [1.29, 1.82) is 0 Å². The predicted octanol–water partition coefficient (Wildman–Crippen LogP) is 3.42. The molecule has 0 aliphatic heterocycles. The molecule has 0 saturated heterocycles. The average Bonchev–Trinajstić information content (AvgIpc) is 2.72.